The van der Waals surface area contributed by atoms with Gasteiger partial charge in [-0.3, -0.25) is 0 Å². The lowest BCUT2D eigenvalue weighted by Crippen LogP contribution is -2.23. The molecule has 0 radical (unpaired) electrons. The first kappa shape index (κ1) is 21.9. The van der Waals surface area contributed by atoms with Gasteiger partial charge in [-0.1, -0.05) is 55.3 Å². The van der Waals surface area contributed by atoms with E-state index in [-0.39, 0.29) is 16.3 Å². The highest BCUT2D eigenvalue weighted by Crippen LogP contribution is 2.54. The summed E-state index contributed by atoms with van der Waals surface area (Å²) < 4.78 is 0. The summed E-state index contributed by atoms with van der Waals surface area (Å²) >= 11 is 0. The van der Waals surface area contributed by atoms with Crippen LogP contribution < -0.4 is 5.73 Å². The van der Waals surface area contributed by atoms with E-state index in [1.54, 1.807) is 0 Å². The minimum absolute atomic E-state index is 0.0195. The maximum absolute atomic E-state index is 6.25. The molecule has 1 aliphatic carbocycles. The summed E-state index contributed by atoms with van der Waals surface area (Å²) in [5, 5.41) is 0. The van der Waals surface area contributed by atoms with Crippen molar-refractivity contribution in [2.75, 3.05) is 5.73 Å². The number of anilines is 1. The first-order valence-corrected chi connectivity index (χ1v) is 13.1. The Bertz CT molecular complexity index is 1250. The molecule has 2 heteroatoms. The summed E-state index contributed by atoms with van der Waals surface area (Å²) in [5.74, 6) is 0. The van der Waals surface area contributed by atoms with Crippen molar-refractivity contribution in [2.45, 2.75) is 60.6 Å². The topological polar surface area (TPSA) is 26.0 Å². The van der Waals surface area contributed by atoms with Gasteiger partial charge in [-0.25, -0.2) is 0 Å². The number of hydrogen-bond donors (Lipinski definition) is 1. The maximum atomic E-state index is 6.25. The maximum Gasteiger partial charge on any atom is 0.166 e. The van der Waals surface area contributed by atoms with Gasteiger partial charge in [0.2, 0.25) is 0 Å². The lowest BCUT2D eigenvalue weighted by atomic mass is 9.74. The number of rotatable bonds is 5. The van der Waals surface area contributed by atoms with Crippen molar-refractivity contribution >= 4 is 16.6 Å². The van der Waals surface area contributed by atoms with Crippen LogP contribution in [0.3, 0.4) is 0 Å². The fourth-order valence-corrected chi connectivity index (χ4v) is 7.46. The average Bonchev–Trinajstić information content (AvgIpc) is 3.10. The molecule has 2 N–H and O–H groups in total. The quantitative estimate of drug-likeness (QED) is 0.241. The van der Waals surface area contributed by atoms with Crippen LogP contribution in [-0.4, -0.2) is 0 Å². The van der Waals surface area contributed by atoms with Crippen molar-refractivity contribution in [3.63, 3.8) is 0 Å². The lowest BCUT2D eigenvalue weighted by molar-refractivity contribution is 0.490. The summed E-state index contributed by atoms with van der Waals surface area (Å²) in [6.45, 7) is 8.95. The smallest absolute Gasteiger partial charge is 0.166 e. The van der Waals surface area contributed by atoms with Crippen LogP contribution in [0.4, 0.5) is 5.69 Å². The van der Waals surface area contributed by atoms with Crippen LogP contribution in [0, 0.1) is 13.8 Å². The number of nitrogens with two attached hydrogens (primary N) is 1. The van der Waals surface area contributed by atoms with Gasteiger partial charge in [-0.15, -0.1) is 0 Å². The van der Waals surface area contributed by atoms with E-state index in [4.69, 9.17) is 5.73 Å². The van der Waals surface area contributed by atoms with Gasteiger partial charge in [-0.2, -0.15) is 0 Å². The third kappa shape index (κ3) is 3.57. The van der Waals surface area contributed by atoms with Crippen LogP contribution in [-0.2, 0) is 16.3 Å². The molecule has 0 heterocycles. The fraction of sp³-hybridized carbons (Fsp3) is 0.226. The molecule has 4 aromatic carbocycles. The Morgan fingerprint density at radius 1 is 0.606 bits per heavy atom. The van der Waals surface area contributed by atoms with Crippen molar-refractivity contribution < 1.29 is 0 Å². The predicted molar refractivity (Wildman–Crippen MR) is 142 cm³/mol. The zero-order valence-electron chi connectivity index (χ0n) is 20.0. The van der Waals surface area contributed by atoms with Crippen LogP contribution in [0.15, 0.2) is 99.6 Å². The molecule has 0 saturated heterocycles. The Balaban J connectivity index is 1.72. The van der Waals surface area contributed by atoms with Gasteiger partial charge in [0.25, 0.3) is 0 Å². The van der Waals surface area contributed by atoms with Gasteiger partial charge in [0, 0.05) is 11.1 Å². The molecule has 0 bridgehead atoms. The van der Waals surface area contributed by atoms with E-state index in [9.17, 15) is 0 Å². The van der Waals surface area contributed by atoms with E-state index in [2.05, 4.69) is 107 Å². The Labute approximate surface area is 201 Å². The Morgan fingerprint density at radius 2 is 1.06 bits per heavy atom. The van der Waals surface area contributed by atoms with Crippen molar-refractivity contribution in [3.8, 4) is 11.1 Å². The number of nitrogen functional groups attached to an aromatic ring is 1. The summed E-state index contributed by atoms with van der Waals surface area (Å²) in [6, 6.07) is 31.8. The minimum Gasteiger partial charge on any atom is -0.399 e. The molecule has 0 aromatic heterocycles. The number of aryl methyl sites for hydroxylation is 2. The average molecular weight is 451 g/mol. The van der Waals surface area contributed by atoms with Crippen LogP contribution in [0.5, 0.6) is 0 Å². The highest BCUT2D eigenvalue weighted by Gasteiger charge is 2.42. The molecule has 33 heavy (non-hydrogen) atoms. The van der Waals surface area contributed by atoms with Crippen molar-refractivity contribution in [1.82, 2.24) is 0 Å². The molecule has 0 spiro atoms. The van der Waals surface area contributed by atoms with Crippen LogP contribution in [0.1, 0.15) is 48.9 Å². The van der Waals surface area contributed by atoms with Gasteiger partial charge in [-0.05, 0) is 104 Å². The van der Waals surface area contributed by atoms with E-state index in [1.807, 2.05) is 6.07 Å². The highest BCUT2D eigenvalue weighted by molar-refractivity contribution is 7.97. The van der Waals surface area contributed by atoms with Crippen molar-refractivity contribution in [3.05, 3.63) is 107 Å². The molecule has 0 saturated carbocycles. The largest absolute Gasteiger partial charge is 0.399 e. The molecule has 5 rings (SSSR count). The first-order valence-electron chi connectivity index (χ1n) is 11.9. The number of hydrogen-bond acceptors (Lipinski definition) is 1. The standard InChI is InChI=1S/C31H32NS/c1-5-31(6-2)29-19-23(32)11-17-27(29)28-18-16-26(20-30(28)31)33(24-12-7-21(3)8-13-24)25-14-9-22(4)10-15-25/h7-20H,5-6,32H2,1-4H3/q+1. The van der Waals surface area contributed by atoms with Crippen LogP contribution >= 0.6 is 0 Å². The molecule has 166 valence electrons. The van der Waals surface area contributed by atoms with E-state index in [0.29, 0.717) is 0 Å². The normalized spacial score (nSPS) is 13.7. The van der Waals surface area contributed by atoms with Gasteiger partial charge in [0.05, 0.1) is 10.9 Å². The van der Waals surface area contributed by atoms with Crippen LogP contribution in [0.25, 0.3) is 11.1 Å². The zero-order chi connectivity index (χ0) is 23.2. The second kappa shape index (κ2) is 8.43. The van der Waals surface area contributed by atoms with Crippen LogP contribution in [0.2, 0.25) is 0 Å². The first-order chi connectivity index (χ1) is 16.0. The molecule has 0 amide bonds. The summed E-state index contributed by atoms with van der Waals surface area (Å²) in [6.07, 6.45) is 2.14. The molecule has 0 aliphatic heterocycles. The SMILES string of the molecule is CCC1(CC)c2cc(N)ccc2-c2ccc([S+](c3ccc(C)cc3)c3ccc(C)cc3)cc21. The second-order valence-corrected chi connectivity index (χ2v) is 11.3. The third-order valence-electron chi connectivity index (χ3n) is 7.31. The van der Waals surface area contributed by atoms with Gasteiger partial charge < -0.3 is 5.73 Å². The molecular formula is C31H32NS+. The Morgan fingerprint density at radius 3 is 1.58 bits per heavy atom. The van der Waals surface area contributed by atoms with E-state index < -0.39 is 0 Å². The predicted octanol–water partition coefficient (Wildman–Crippen LogP) is 8.07. The lowest BCUT2D eigenvalue weighted by Gasteiger charge is -2.29. The molecule has 1 aliphatic rings. The molecule has 1 nitrogen and oxygen atoms in total. The summed E-state index contributed by atoms with van der Waals surface area (Å²) in [5.41, 5.74) is 15.3. The fourth-order valence-electron chi connectivity index (χ4n) is 5.39. The van der Waals surface area contributed by atoms with Gasteiger partial charge in [0.15, 0.2) is 14.7 Å². The number of fused-ring (bicyclic) bond motifs is 3. The summed E-state index contributed by atoms with van der Waals surface area (Å²) in [7, 11) is -0.155. The molecule has 0 atom stereocenters. The van der Waals surface area contributed by atoms with E-state index >= 15 is 0 Å². The summed E-state index contributed by atoms with van der Waals surface area (Å²) in [4.78, 5) is 4.11. The molecular weight excluding hydrogens is 418 g/mol. The third-order valence-corrected chi connectivity index (χ3v) is 9.52. The molecule has 0 fully saturated rings. The van der Waals surface area contributed by atoms with Crippen molar-refractivity contribution in [2.24, 2.45) is 0 Å². The van der Waals surface area contributed by atoms with Gasteiger partial charge in [0.1, 0.15) is 0 Å². The van der Waals surface area contributed by atoms with E-state index in [1.165, 1.54) is 48.1 Å². The van der Waals surface area contributed by atoms with Crippen molar-refractivity contribution in [1.29, 1.82) is 0 Å². The Kier molecular flexibility index (Phi) is 5.58. The molecule has 0 unspecified atom stereocenters. The number of benzene rings is 4. The van der Waals surface area contributed by atoms with Gasteiger partial charge >= 0.3 is 0 Å². The Hall–Kier alpha value is -2.97. The van der Waals surface area contributed by atoms with E-state index in [0.717, 1.165) is 18.5 Å². The highest BCUT2D eigenvalue weighted by atomic mass is 32.2. The minimum atomic E-state index is -0.155. The monoisotopic (exact) mass is 450 g/mol. The second-order valence-electron chi connectivity index (χ2n) is 9.23. The molecule has 4 aromatic rings. The zero-order valence-corrected chi connectivity index (χ0v) is 20.8.